The number of nitrogens with one attached hydrogen (secondary N) is 2. The third-order valence-electron chi connectivity index (χ3n) is 3.86. The van der Waals surface area contributed by atoms with Crippen molar-refractivity contribution in [1.29, 1.82) is 0 Å². The summed E-state index contributed by atoms with van der Waals surface area (Å²) in [6, 6.07) is 17.8. The molecule has 0 aliphatic rings. The molecule has 1 unspecified atom stereocenters. The molecule has 5 heteroatoms. The molecule has 0 fully saturated rings. The van der Waals surface area contributed by atoms with Gasteiger partial charge in [0, 0.05) is 11.5 Å². The quantitative estimate of drug-likeness (QED) is 0.709. The molecule has 0 heterocycles. The van der Waals surface area contributed by atoms with Crippen molar-refractivity contribution in [3.8, 4) is 0 Å². The number of carbonyl (C=O) groups excluding carboxylic acids is 1. The summed E-state index contributed by atoms with van der Waals surface area (Å²) in [5.41, 5.74) is 2.61. The van der Waals surface area contributed by atoms with Crippen molar-refractivity contribution in [3.63, 3.8) is 0 Å². The Morgan fingerprint density at radius 1 is 1.22 bits per heavy atom. The van der Waals surface area contributed by atoms with E-state index in [9.17, 15) is 4.79 Å². The highest BCUT2D eigenvalue weighted by Crippen LogP contribution is 2.28. The highest BCUT2D eigenvalue weighted by molar-refractivity contribution is 9.10. The van der Waals surface area contributed by atoms with Gasteiger partial charge in [0.1, 0.15) is 5.54 Å². The summed E-state index contributed by atoms with van der Waals surface area (Å²) >= 11 is 8.48. The van der Waals surface area contributed by atoms with E-state index in [2.05, 4.69) is 38.7 Å². The van der Waals surface area contributed by atoms with Crippen LogP contribution in [0.2, 0.25) is 0 Å². The van der Waals surface area contributed by atoms with Crippen LogP contribution in [0.25, 0.3) is 0 Å². The second-order valence-electron chi connectivity index (χ2n) is 5.24. The van der Waals surface area contributed by atoms with E-state index in [4.69, 9.17) is 12.2 Å². The fourth-order valence-corrected chi connectivity index (χ4v) is 3.32. The van der Waals surface area contributed by atoms with Crippen LogP contribution in [0.1, 0.15) is 17.5 Å². The number of amides is 1. The van der Waals surface area contributed by atoms with Crippen LogP contribution in [-0.2, 0) is 16.8 Å². The number of hydrogen-bond acceptors (Lipinski definition) is 2. The van der Waals surface area contributed by atoms with Crippen LogP contribution in [0.5, 0.6) is 0 Å². The molecule has 0 bridgehead atoms. The highest BCUT2D eigenvalue weighted by Gasteiger charge is 2.38. The Kier molecular flexibility index (Phi) is 6.30. The topological polar surface area (TPSA) is 41.1 Å². The summed E-state index contributed by atoms with van der Waals surface area (Å²) in [6.07, 6.45) is 1.35. The lowest BCUT2D eigenvalue weighted by Gasteiger charge is -2.33. The SMILES string of the molecule is CNC(=O)C(CCc1cccc(Br)c1)(NC=S)c1ccccc1. The monoisotopic (exact) mass is 390 g/mol. The Balaban J connectivity index is 2.36. The molecule has 0 aliphatic heterocycles. The number of likely N-dealkylation sites (N-methyl/N-ethyl adjacent to an activating group) is 1. The second-order valence-corrected chi connectivity index (χ2v) is 6.39. The van der Waals surface area contributed by atoms with Gasteiger partial charge in [-0.25, -0.2) is 0 Å². The molecule has 2 aromatic carbocycles. The smallest absolute Gasteiger partial charge is 0.250 e. The normalized spacial score (nSPS) is 13.0. The van der Waals surface area contributed by atoms with Gasteiger partial charge in [-0.15, -0.1) is 0 Å². The van der Waals surface area contributed by atoms with E-state index in [0.29, 0.717) is 6.42 Å². The predicted molar refractivity (Wildman–Crippen MR) is 101 cm³/mol. The molecule has 2 rings (SSSR count). The highest BCUT2D eigenvalue weighted by atomic mass is 79.9. The first-order valence-electron chi connectivity index (χ1n) is 7.36. The number of aryl methyl sites for hydroxylation is 1. The summed E-state index contributed by atoms with van der Waals surface area (Å²) in [7, 11) is 1.64. The molecule has 23 heavy (non-hydrogen) atoms. The Hall–Kier alpha value is -1.72. The third kappa shape index (κ3) is 4.18. The van der Waals surface area contributed by atoms with Crippen molar-refractivity contribution >= 4 is 39.5 Å². The van der Waals surface area contributed by atoms with Gasteiger partial charge >= 0.3 is 0 Å². The van der Waals surface area contributed by atoms with E-state index in [1.807, 2.05) is 42.5 Å². The first-order chi connectivity index (χ1) is 11.1. The maximum absolute atomic E-state index is 12.7. The van der Waals surface area contributed by atoms with E-state index in [0.717, 1.165) is 22.0 Å². The largest absolute Gasteiger partial charge is 0.365 e. The average Bonchev–Trinajstić information content (AvgIpc) is 2.59. The Morgan fingerprint density at radius 3 is 2.57 bits per heavy atom. The van der Waals surface area contributed by atoms with Crippen molar-refractivity contribution in [3.05, 3.63) is 70.2 Å². The van der Waals surface area contributed by atoms with Gasteiger partial charge in [0.15, 0.2) is 0 Å². The first kappa shape index (κ1) is 17.6. The summed E-state index contributed by atoms with van der Waals surface area (Å²) in [5.74, 6) is -0.0974. The van der Waals surface area contributed by atoms with Gasteiger partial charge in [0.2, 0.25) is 5.91 Å². The molecule has 3 nitrogen and oxygen atoms in total. The zero-order valence-corrected chi connectivity index (χ0v) is 15.3. The molecule has 2 N–H and O–H groups in total. The molecule has 1 amide bonds. The Morgan fingerprint density at radius 2 is 1.96 bits per heavy atom. The lowest BCUT2D eigenvalue weighted by atomic mass is 9.83. The third-order valence-corrected chi connectivity index (χ3v) is 4.48. The van der Waals surface area contributed by atoms with Crippen molar-refractivity contribution in [2.45, 2.75) is 18.4 Å². The molecule has 0 aliphatic carbocycles. The van der Waals surface area contributed by atoms with Crippen LogP contribution in [0.15, 0.2) is 59.1 Å². The molecule has 120 valence electrons. The van der Waals surface area contributed by atoms with Gasteiger partial charge in [-0.1, -0.05) is 70.6 Å². The fraction of sp³-hybridized carbons (Fsp3) is 0.222. The van der Waals surface area contributed by atoms with Gasteiger partial charge < -0.3 is 10.6 Å². The minimum absolute atomic E-state index is 0.0974. The lowest BCUT2D eigenvalue weighted by Crippen LogP contribution is -2.53. The lowest BCUT2D eigenvalue weighted by molar-refractivity contribution is -0.127. The minimum atomic E-state index is -0.875. The van der Waals surface area contributed by atoms with Gasteiger partial charge in [0.25, 0.3) is 0 Å². The van der Waals surface area contributed by atoms with E-state index in [1.165, 1.54) is 5.49 Å². The van der Waals surface area contributed by atoms with Gasteiger partial charge in [0.05, 0.1) is 5.49 Å². The van der Waals surface area contributed by atoms with Crippen molar-refractivity contribution in [2.75, 3.05) is 7.05 Å². The Bertz CT molecular complexity index is 678. The second kappa shape index (κ2) is 8.22. The van der Waals surface area contributed by atoms with Gasteiger partial charge in [-0.3, -0.25) is 4.79 Å². The van der Waals surface area contributed by atoms with Crippen LogP contribution < -0.4 is 10.6 Å². The molecule has 0 saturated carbocycles. The van der Waals surface area contributed by atoms with E-state index in [-0.39, 0.29) is 5.91 Å². The maximum Gasteiger partial charge on any atom is 0.250 e. The van der Waals surface area contributed by atoms with E-state index >= 15 is 0 Å². The summed E-state index contributed by atoms with van der Waals surface area (Å²) < 4.78 is 1.03. The summed E-state index contributed by atoms with van der Waals surface area (Å²) in [4.78, 5) is 12.7. The zero-order valence-electron chi connectivity index (χ0n) is 12.9. The number of carbonyl (C=O) groups is 1. The van der Waals surface area contributed by atoms with Crippen LogP contribution >= 0.6 is 28.1 Å². The molecular weight excluding hydrogens is 372 g/mol. The standard InChI is InChI=1S/C18H19BrN2OS/c1-20-17(22)18(21-13-23,15-7-3-2-4-8-15)11-10-14-6-5-9-16(19)12-14/h2-9,12-13H,10-11H2,1H3,(H,20,22)(H,21,23). The van der Waals surface area contributed by atoms with Gasteiger partial charge in [-0.05, 0) is 36.1 Å². The minimum Gasteiger partial charge on any atom is -0.365 e. The number of halogens is 1. The van der Waals surface area contributed by atoms with Crippen LogP contribution in [0.3, 0.4) is 0 Å². The fourth-order valence-electron chi connectivity index (χ4n) is 2.67. The van der Waals surface area contributed by atoms with Crippen LogP contribution in [0, 0.1) is 0 Å². The summed E-state index contributed by atoms with van der Waals surface area (Å²) in [6.45, 7) is 0. The number of hydrogen-bond donors (Lipinski definition) is 2. The molecule has 2 aromatic rings. The van der Waals surface area contributed by atoms with E-state index in [1.54, 1.807) is 7.05 Å². The van der Waals surface area contributed by atoms with E-state index < -0.39 is 5.54 Å². The van der Waals surface area contributed by atoms with Crippen LogP contribution in [-0.4, -0.2) is 18.4 Å². The number of rotatable bonds is 7. The first-order valence-corrected chi connectivity index (χ1v) is 8.62. The number of benzene rings is 2. The molecule has 0 spiro atoms. The maximum atomic E-state index is 12.7. The predicted octanol–water partition coefficient (Wildman–Crippen LogP) is 3.57. The zero-order chi connectivity index (χ0) is 16.7. The number of thiocarbonyl (C=S) groups is 1. The molecule has 1 atom stereocenters. The molecule has 0 aromatic heterocycles. The Labute approximate surface area is 150 Å². The summed E-state index contributed by atoms with van der Waals surface area (Å²) in [5, 5.41) is 5.87. The molecule has 0 radical (unpaired) electrons. The molecular formula is C18H19BrN2OS. The van der Waals surface area contributed by atoms with Gasteiger partial charge in [-0.2, -0.15) is 0 Å². The average molecular weight is 391 g/mol. The molecule has 0 saturated heterocycles. The van der Waals surface area contributed by atoms with Crippen molar-refractivity contribution < 1.29 is 4.79 Å². The van der Waals surface area contributed by atoms with Crippen molar-refractivity contribution in [1.82, 2.24) is 10.6 Å². The van der Waals surface area contributed by atoms with Crippen LogP contribution in [0.4, 0.5) is 0 Å². The van der Waals surface area contributed by atoms with Crippen molar-refractivity contribution in [2.24, 2.45) is 0 Å².